The fraction of sp³-hybridized carbons (Fsp3) is 0.500. The van der Waals surface area contributed by atoms with E-state index in [9.17, 15) is 4.79 Å². The van der Waals surface area contributed by atoms with Crippen LogP contribution in [0.3, 0.4) is 0 Å². The van der Waals surface area contributed by atoms with Crippen LogP contribution in [0.5, 0.6) is 0 Å². The molecule has 0 bridgehead atoms. The maximum Gasteiger partial charge on any atom is 0.334 e. The molecule has 1 aromatic rings. The highest BCUT2D eigenvalue weighted by Gasteiger charge is 2.09. The number of hydrogen-bond donors (Lipinski definition) is 1. The summed E-state index contributed by atoms with van der Waals surface area (Å²) in [4.78, 5) is 11.3. The van der Waals surface area contributed by atoms with Gasteiger partial charge < -0.3 is 10.1 Å². The molecule has 1 unspecified atom stereocenters. The van der Waals surface area contributed by atoms with Crippen molar-refractivity contribution in [1.29, 1.82) is 0 Å². The predicted octanol–water partition coefficient (Wildman–Crippen LogP) is 0.980. The van der Waals surface area contributed by atoms with Crippen molar-refractivity contribution in [3.8, 4) is 0 Å². The quantitative estimate of drug-likeness (QED) is 0.567. The second-order valence-corrected chi connectivity index (χ2v) is 3.83. The predicted molar refractivity (Wildman–Crippen MR) is 65.5 cm³/mol. The molecular weight excluding hydrogens is 218 g/mol. The van der Waals surface area contributed by atoms with Crippen molar-refractivity contribution in [2.45, 2.75) is 26.4 Å². The molecule has 1 heterocycles. The summed E-state index contributed by atoms with van der Waals surface area (Å²) in [5.41, 5.74) is 0.444. The van der Waals surface area contributed by atoms with Gasteiger partial charge >= 0.3 is 5.97 Å². The SMILES string of the molecule is C=C(CNC(C)Cn1cccn1)C(=O)OCC. The van der Waals surface area contributed by atoms with Gasteiger partial charge in [-0.25, -0.2) is 4.79 Å². The van der Waals surface area contributed by atoms with E-state index in [1.165, 1.54) is 0 Å². The van der Waals surface area contributed by atoms with E-state index in [1.807, 2.05) is 23.9 Å². The Hall–Kier alpha value is -1.62. The van der Waals surface area contributed by atoms with Gasteiger partial charge in [0, 0.05) is 30.6 Å². The molecule has 0 saturated carbocycles. The van der Waals surface area contributed by atoms with Gasteiger partial charge in [0.1, 0.15) is 0 Å². The molecule has 0 aliphatic carbocycles. The molecule has 0 aliphatic rings. The Morgan fingerprint density at radius 1 is 1.65 bits per heavy atom. The molecule has 1 aromatic heterocycles. The Balaban J connectivity index is 2.26. The standard InChI is InChI=1S/C12H19N3O2/c1-4-17-12(16)10(2)8-13-11(3)9-15-7-5-6-14-15/h5-7,11,13H,2,4,8-9H2,1,3H3. The average Bonchev–Trinajstić information content (AvgIpc) is 2.79. The van der Waals surface area contributed by atoms with Crippen LogP contribution in [0.25, 0.3) is 0 Å². The van der Waals surface area contributed by atoms with Gasteiger partial charge in [0.2, 0.25) is 0 Å². The average molecular weight is 237 g/mol. The van der Waals surface area contributed by atoms with Gasteiger partial charge in [-0.1, -0.05) is 6.58 Å². The molecule has 0 amide bonds. The number of nitrogens with zero attached hydrogens (tertiary/aromatic N) is 2. The van der Waals surface area contributed by atoms with E-state index in [0.717, 1.165) is 6.54 Å². The van der Waals surface area contributed by atoms with Gasteiger partial charge in [-0.2, -0.15) is 5.10 Å². The van der Waals surface area contributed by atoms with Crippen LogP contribution in [-0.4, -0.2) is 34.9 Å². The van der Waals surface area contributed by atoms with E-state index in [1.54, 1.807) is 13.1 Å². The number of carbonyl (C=O) groups excluding carboxylic acids is 1. The minimum atomic E-state index is -0.341. The van der Waals surface area contributed by atoms with E-state index in [0.29, 0.717) is 18.7 Å². The molecule has 1 N–H and O–H groups in total. The van der Waals surface area contributed by atoms with Gasteiger partial charge in [-0.05, 0) is 19.9 Å². The third kappa shape index (κ3) is 4.82. The second-order valence-electron chi connectivity index (χ2n) is 3.83. The summed E-state index contributed by atoms with van der Waals surface area (Å²) in [6, 6.07) is 2.09. The van der Waals surface area contributed by atoms with Gasteiger partial charge in [0.05, 0.1) is 13.2 Å². The smallest absolute Gasteiger partial charge is 0.334 e. The van der Waals surface area contributed by atoms with Crippen LogP contribution in [0, 0.1) is 0 Å². The molecular formula is C12H19N3O2. The summed E-state index contributed by atoms with van der Waals surface area (Å²) in [5, 5.41) is 7.31. The Labute approximate surface area is 101 Å². The van der Waals surface area contributed by atoms with E-state index < -0.39 is 0 Å². The van der Waals surface area contributed by atoms with Crippen LogP contribution >= 0.6 is 0 Å². The van der Waals surface area contributed by atoms with Gasteiger partial charge in [0.25, 0.3) is 0 Å². The van der Waals surface area contributed by atoms with Crippen molar-refractivity contribution >= 4 is 5.97 Å². The first-order valence-corrected chi connectivity index (χ1v) is 5.69. The topological polar surface area (TPSA) is 56.2 Å². The lowest BCUT2D eigenvalue weighted by Gasteiger charge is -2.14. The minimum Gasteiger partial charge on any atom is -0.463 e. The Morgan fingerprint density at radius 2 is 2.41 bits per heavy atom. The van der Waals surface area contributed by atoms with E-state index >= 15 is 0 Å². The molecule has 0 aromatic carbocycles. The zero-order valence-corrected chi connectivity index (χ0v) is 10.3. The number of nitrogens with one attached hydrogen (secondary N) is 1. The normalized spacial score (nSPS) is 12.1. The van der Waals surface area contributed by atoms with Gasteiger partial charge in [-0.3, -0.25) is 4.68 Å². The molecule has 1 atom stereocenters. The van der Waals surface area contributed by atoms with Crippen LogP contribution in [0.1, 0.15) is 13.8 Å². The minimum absolute atomic E-state index is 0.209. The van der Waals surface area contributed by atoms with E-state index in [-0.39, 0.29) is 12.0 Å². The van der Waals surface area contributed by atoms with Crippen molar-refractivity contribution < 1.29 is 9.53 Å². The zero-order chi connectivity index (χ0) is 12.7. The van der Waals surface area contributed by atoms with Crippen molar-refractivity contribution in [3.63, 3.8) is 0 Å². The fourth-order valence-electron chi connectivity index (χ4n) is 1.36. The Bertz CT molecular complexity index is 360. The summed E-state index contributed by atoms with van der Waals surface area (Å²) in [6.07, 6.45) is 3.64. The monoisotopic (exact) mass is 237 g/mol. The number of aromatic nitrogens is 2. The first kappa shape index (κ1) is 13.4. The molecule has 0 radical (unpaired) electrons. The first-order valence-electron chi connectivity index (χ1n) is 5.69. The van der Waals surface area contributed by atoms with E-state index in [2.05, 4.69) is 17.0 Å². The lowest BCUT2D eigenvalue weighted by molar-refractivity contribution is -0.138. The van der Waals surface area contributed by atoms with Gasteiger partial charge in [-0.15, -0.1) is 0 Å². The summed E-state index contributed by atoms with van der Waals surface area (Å²) in [6.45, 7) is 9.05. The molecule has 94 valence electrons. The maximum absolute atomic E-state index is 11.3. The largest absolute Gasteiger partial charge is 0.463 e. The van der Waals surface area contributed by atoms with Crippen molar-refractivity contribution in [2.75, 3.05) is 13.2 Å². The summed E-state index contributed by atoms with van der Waals surface area (Å²) in [7, 11) is 0. The highest BCUT2D eigenvalue weighted by atomic mass is 16.5. The molecule has 0 saturated heterocycles. The number of rotatable bonds is 7. The lowest BCUT2D eigenvalue weighted by atomic mass is 10.2. The van der Waals surface area contributed by atoms with Crippen LogP contribution in [-0.2, 0) is 16.1 Å². The molecule has 1 rings (SSSR count). The summed E-state index contributed by atoms with van der Waals surface area (Å²) in [5.74, 6) is -0.341. The summed E-state index contributed by atoms with van der Waals surface area (Å²) >= 11 is 0. The third-order valence-corrected chi connectivity index (χ3v) is 2.25. The van der Waals surface area contributed by atoms with Crippen LogP contribution in [0.4, 0.5) is 0 Å². The lowest BCUT2D eigenvalue weighted by Crippen LogP contribution is -2.33. The highest BCUT2D eigenvalue weighted by molar-refractivity contribution is 5.88. The Kier molecular flexibility index (Phi) is 5.42. The molecule has 0 spiro atoms. The van der Waals surface area contributed by atoms with Crippen LogP contribution < -0.4 is 5.32 Å². The number of carbonyl (C=O) groups is 1. The Morgan fingerprint density at radius 3 is 3.00 bits per heavy atom. The van der Waals surface area contributed by atoms with Crippen molar-refractivity contribution in [1.82, 2.24) is 15.1 Å². The van der Waals surface area contributed by atoms with Gasteiger partial charge in [0.15, 0.2) is 0 Å². The first-order chi connectivity index (χ1) is 8.13. The van der Waals surface area contributed by atoms with Crippen molar-refractivity contribution in [3.05, 3.63) is 30.6 Å². The molecule has 17 heavy (non-hydrogen) atoms. The second kappa shape index (κ2) is 6.85. The van der Waals surface area contributed by atoms with Crippen LogP contribution in [0.15, 0.2) is 30.6 Å². The zero-order valence-electron chi connectivity index (χ0n) is 10.3. The molecule has 0 aliphatic heterocycles. The molecule has 5 heteroatoms. The third-order valence-electron chi connectivity index (χ3n) is 2.25. The van der Waals surface area contributed by atoms with E-state index in [4.69, 9.17) is 4.74 Å². The number of ether oxygens (including phenoxy) is 1. The van der Waals surface area contributed by atoms with Crippen LogP contribution in [0.2, 0.25) is 0 Å². The number of esters is 1. The number of hydrogen-bond acceptors (Lipinski definition) is 4. The molecule has 0 fully saturated rings. The molecule has 5 nitrogen and oxygen atoms in total. The maximum atomic E-state index is 11.3. The highest BCUT2D eigenvalue weighted by Crippen LogP contribution is 1.95. The summed E-state index contributed by atoms with van der Waals surface area (Å²) < 4.78 is 6.68. The fourth-order valence-corrected chi connectivity index (χ4v) is 1.36. The van der Waals surface area contributed by atoms with Crippen molar-refractivity contribution in [2.24, 2.45) is 0 Å².